The number of rotatable bonds is 29. The van der Waals surface area contributed by atoms with Gasteiger partial charge in [0.25, 0.3) is 0 Å². The highest BCUT2D eigenvalue weighted by Gasteiger charge is 2.61. The average Bonchev–Trinajstić information content (AvgIpc) is 0.773. The van der Waals surface area contributed by atoms with Crippen molar-refractivity contribution in [1.29, 1.82) is 0 Å². The zero-order valence-electron chi connectivity index (χ0n) is 53.5. The maximum absolute atomic E-state index is 13.2. The van der Waals surface area contributed by atoms with Crippen LogP contribution in [0.25, 0.3) is 0 Å². The van der Waals surface area contributed by atoms with Crippen molar-refractivity contribution >= 4 is 83.6 Å². The third-order valence-corrected chi connectivity index (χ3v) is 13.2. The maximum Gasteiger partial charge on any atom is 0.303 e. The molecule has 0 radical (unpaired) electrons. The SMILES string of the molecule is CC(=O)OC[C@H]1O[C@@H](O[C@H]2[C@H](OC(C)=O)[C@@H](OC(C)=O)[C@H](O[C@H](CO)[C@@H](CO)O[C@@H]3O[C@H](COC(C)=O)[C@@H](O[C@@H]4O[C@H](COC(C)=O)[C@H](OC(C)=O)[C@H](OC(C)=O)[C@H]4OC(C)=O)[C@H](OC(C)=O)[C@H]3OC(C)=O)O[C@@H]2COC(C)=O)[C@H](OC(C)=O)[C@@H](OC(C)=O)[C@H]1OC(C)=O. The molecule has 38 heteroatoms. The Kier molecular flexibility index (Phi) is 30.7. The molecule has 0 aromatic heterocycles. The first kappa shape index (κ1) is 78.6. The number of ether oxygens (including phenoxy) is 22. The minimum atomic E-state index is -2.18. The van der Waals surface area contributed by atoms with Gasteiger partial charge in [0.05, 0.1) is 13.2 Å². The summed E-state index contributed by atoms with van der Waals surface area (Å²) in [6.07, 6.45) is -42.8. The van der Waals surface area contributed by atoms with Gasteiger partial charge in [-0.25, -0.2) is 0 Å². The van der Waals surface area contributed by atoms with E-state index in [1.807, 2.05) is 0 Å². The zero-order chi connectivity index (χ0) is 70.6. The number of aliphatic hydroxyl groups is 2. The molecule has 0 aromatic rings. The van der Waals surface area contributed by atoms with Gasteiger partial charge in [-0.2, -0.15) is 0 Å². The van der Waals surface area contributed by atoms with E-state index in [2.05, 4.69) is 0 Å². The van der Waals surface area contributed by atoms with Crippen LogP contribution in [0.1, 0.15) is 96.9 Å². The van der Waals surface area contributed by atoms with Crippen LogP contribution in [0.15, 0.2) is 0 Å². The van der Waals surface area contributed by atoms with Crippen molar-refractivity contribution in [2.45, 2.75) is 232 Å². The van der Waals surface area contributed by atoms with Crippen molar-refractivity contribution in [3.63, 3.8) is 0 Å². The summed E-state index contributed by atoms with van der Waals surface area (Å²) in [6.45, 7) is 7.33. The Morgan fingerprint density at radius 2 is 0.436 bits per heavy atom. The lowest BCUT2D eigenvalue weighted by Crippen LogP contribution is -2.68. The van der Waals surface area contributed by atoms with E-state index >= 15 is 0 Å². The molecule has 0 saturated carbocycles. The molecule has 2 N–H and O–H groups in total. The number of hydrogen-bond donors (Lipinski definition) is 2. The zero-order valence-corrected chi connectivity index (χ0v) is 53.5. The van der Waals surface area contributed by atoms with Crippen LogP contribution in [-0.2, 0) is 171 Å². The minimum absolute atomic E-state index is 0.751. The second kappa shape index (κ2) is 36.7. The summed E-state index contributed by atoms with van der Waals surface area (Å²) in [7, 11) is 0. The van der Waals surface area contributed by atoms with Gasteiger partial charge in [0.1, 0.15) is 75.3 Å². The van der Waals surface area contributed by atoms with E-state index in [0.717, 1.165) is 96.9 Å². The Hall–Kier alpha value is -7.82. The Labute approximate surface area is 535 Å². The molecule has 0 aromatic carbocycles. The van der Waals surface area contributed by atoms with Gasteiger partial charge in [0.15, 0.2) is 86.2 Å². The normalized spacial score (nSPS) is 31.1. The molecule has 4 aliphatic heterocycles. The smallest absolute Gasteiger partial charge is 0.303 e. The van der Waals surface area contributed by atoms with Crippen molar-refractivity contribution in [3.05, 3.63) is 0 Å². The predicted octanol–water partition coefficient (Wildman–Crippen LogP) is -3.02. The lowest BCUT2D eigenvalue weighted by atomic mass is 9.95. The van der Waals surface area contributed by atoms with E-state index in [-0.39, 0.29) is 0 Å². The van der Waals surface area contributed by atoms with Gasteiger partial charge in [-0.15, -0.1) is 0 Å². The fourth-order valence-electron chi connectivity index (χ4n) is 10.0. The molecular formula is C56H78O38. The van der Waals surface area contributed by atoms with Gasteiger partial charge in [0, 0.05) is 96.9 Å². The average molecular weight is 1360 g/mol. The van der Waals surface area contributed by atoms with E-state index in [0.29, 0.717) is 0 Å². The summed E-state index contributed by atoms with van der Waals surface area (Å²) in [5.41, 5.74) is 0. The molecule has 22 atom stereocenters. The number of carbonyl (C=O) groups excluding carboxylic acids is 14. The van der Waals surface area contributed by atoms with Crippen molar-refractivity contribution < 1.29 is 182 Å². The highest BCUT2D eigenvalue weighted by molar-refractivity contribution is 5.71. The van der Waals surface area contributed by atoms with Crippen LogP contribution >= 0.6 is 0 Å². The molecule has 38 nitrogen and oxygen atoms in total. The van der Waals surface area contributed by atoms with E-state index in [1.54, 1.807) is 0 Å². The Morgan fingerprint density at radius 1 is 0.255 bits per heavy atom. The topological polar surface area (TPSA) is 483 Å². The molecule has 0 amide bonds. The van der Waals surface area contributed by atoms with Gasteiger partial charge < -0.3 is 114 Å². The van der Waals surface area contributed by atoms with Crippen LogP contribution in [0.4, 0.5) is 0 Å². The second-order valence-corrected chi connectivity index (χ2v) is 21.0. The molecule has 0 spiro atoms. The first-order chi connectivity index (χ1) is 44.0. The lowest BCUT2D eigenvalue weighted by molar-refractivity contribution is -0.377. The molecule has 4 fully saturated rings. The maximum atomic E-state index is 13.2. The standard InChI is InChI=1S/C56H78O38/c1-21(59)73-17-37-41(77-25(5)63)45(79-27(7)65)51(85-33(13)71)55(91-37)93-43-39(19-75-23(3)61)89-53(49(83-31(11)69)47(43)81-29(9)67)87-35(15-57)36(16-58)88-54-50(84-32(12)70)48(82-30(10)68)44(40(90-54)20-76-24(4)62)94-56-52(86-34(14)72)46(80-28(8)66)42(78-26(6)64)38(92-56)18-74-22(2)60/h35-58H,15-20H2,1-14H3/t35-,36-,37-,38-,39-,40-,41+,42+,43-,44-,45+,46+,47+,48+,49-,50-,51-,52-,53-,54-,55+,56+/m1/s1. The van der Waals surface area contributed by atoms with Crippen LogP contribution in [0.3, 0.4) is 0 Å². The highest BCUT2D eigenvalue weighted by Crippen LogP contribution is 2.39. The molecule has 530 valence electrons. The van der Waals surface area contributed by atoms with Crippen molar-refractivity contribution in [2.24, 2.45) is 0 Å². The van der Waals surface area contributed by atoms with Gasteiger partial charge in [0.2, 0.25) is 0 Å². The van der Waals surface area contributed by atoms with E-state index in [1.165, 1.54) is 0 Å². The molecular weight excluding hydrogens is 1280 g/mol. The third kappa shape index (κ3) is 23.9. The Bertz CT molecular complexity index is 2520. The summed E-state index contributed by atoms with van der Waals surface area (Å²) >= 11 is 0. The summed E-state index contributed by atoms with van der Waals surface area (Å²) in [5, 5.41) is 22.3. The summed E-state index contributed by atoms with van der Waals surface area (Å²) in [4.78, 5) is 178. The molecule has 4 rings (SSSR count). The van der Waals surface area contributed by atoms with Crippen LogP contribution in [0.2, 0.25) is 0 Å². The fourth-order valence-corrected chi connectivity index (χ4v) is 10.0. The van der Waals surface area contributed by atoms with Gasteiger partial charge >= 0.3 is 83.6 Å². The highest BCUT2D eigenvalue weighted by atomic mass is 16.8. The van der Waals surface area contributed by atoms with Gasteiger partial charge in [-0.3, -0.25) is 67.1 Å². The lowest BCUT2D eigenvalue weighted by Gasteiger charge is -2.49. The molecule has 0 bridgehead atoms. The largest absolute Gasteiger partial charge is 0.463 e. The first-order valence-electron chi connectivity index (χ1n) is 28.7. The van der Waals surface area contributed by atoms with Gasteiger partial charge in [-0.05, 0) is 0 Å². The van der Waals surface area contributed by atoms with E-state index < -0.39 is 258 Å². The Morgan fingerprint density at radius 3 is 0.649 bits per heavy atom. The molecule has 94 heavy (non-hydrogen) atoms. The van der Waals surface area contributed by atoms with Crippen molar-refractivity contribution in [2.75, 3.05) is 39.6 Å². The van der Waals surface area contributed by atoms with Crippen molar-refractivity contribution in [3.8, 4) is 0 Å². The predicted molar refractivity (Wildman–Crippen MR) is 290 cm³/mol. The molecule has 0 unspecified atom stereocenters. The summed E-state index contributed by atoms with van der Waals surface area (Å²) in [5.74, 6) is -14.5. The Balaban J connectivity index is 1.89. The summed E-state index contributed by atoms with van der Waals surface area (Å²) in [6, 6.07) is 0. The molecule has 4 saturated heterocycles. The van der Waals surface area contributed by atoms with E-state index in [9.17, 15) is 77.3 Å². The quantitative estimate of drug-likeness (QED) is 0.0556. The van der Waals surface area contributed by atoms with Crippen LogP contribution < -0.4 is 0 Å². The third-order valence-electron chi connectivity index (χ3n) is 13.2. The van der Waals surface area contributed by atoms with Gasteiger partial charge in [-0.1, -0.05) is 0 Å². The number of aliphatic hydroxyl groups excluding tert-OH is 2. The number of carbonyl (C=O) groups is 14. The number of hydrogen-bond acceptors (Lipinski definition) is 38. The summed E-state index contributed by atoms with van der Waals surface area (Å²) < 4.78 is 127. The van der Waals surface area contributed by atoms with Crippen LogP contribution in [-0.4, -0.2) is 268 Å². The molecule has 4 aliphatic rings. The van der Waals surface area contributed by atoms with Crippen molar-refractivity contribution in [1.82, 2.24) is 0 Å². The fraction of sp³-hybridized carbons (Fsp3) is 0.750. The van der Waals surface area contributed by atoms with E-state index in [4.69, 9.17) is 104 Å². The number of esters is 14. The second-order valence-electron chi connectivity index (χ2n) is 21.0. The minimum Gasteiger partial charge on any atom is -0.463 e. The van der Waals surface area contributed by atoms with Crippen LogP contribution in [0, 0.1) is 0 Å². The molecule has 4 heterocycles. The van der Waals surface area contributed by atoms with Crippen LogP contribution in [0.5, 0.6) is 0 Å². The molecule has 0 aliphatic carbocycles. The first-order valence-corrected chi connectivity index (χ1v) is 28.7. The monoisotopic (exact) mass is 1360 g/mol.